The molecule has 0 bridgehead atoms. The van der Waals surface area contributed by atoms with Gasteiger partial charge in [-0.05, 0) is 43.7 Å². The van der Waals surface area contributed by atoms with Gasteiger partial charge < -0.3 is 25.0 Å². The third kappa shape index (κ3) is 3.27. The molecule has 6 heteroatoms. The molecule has 1 fully saturated rings. The van der Waals surface area contributed by atoms with E-state index in [0.717, 1.165) is 25.7 Å². The number of phenols is 1. The molecule has 1 aromatic rings. The quantitative estimate of drug-likeness (QED) is 0.781. The number of benzene rings is 1. The van der Waals surface area contributed by atoms with Crippen LogP contribution < -0.4 is 14.8 Å². The highest BCUT2D eigenvalue weighted by Gasteiger charge is 2.30. The summed E-state index contributed by atoms with van der Waals surface area (Å²) in [6.45, 7) is 0.385. The molecule has 2 aliphatic rings. The average Bonchev–Trinajstić information content (AvgIpc) is 2.54. The Labute approximate surface area is 129 Å². The van der Waals surface area contributed by atoms with E-state index in [9.17, 15) is 9.90 Å². The molecule has 1 saturated carbocycles. The second kappa shape index (κ2) is 6.44. The molecule has 1 atom stereocenters. The number of hydrogen-bond acceptors (Lipinski definition) is 5. The molecule has 1 amide bonds. The zero-order chi connectivity index (χ0) is 15.5. The van der Waals surface area contributed by atoms with Gasteiger partial charge in [0.05, 0.1) is 0 Å². The highest BCUT2D eigenvalue weighted by Crippen LogP contribution is 2.34. The van der Waals surface area contributed by atoms with E-state index in [1.807, 2.05) is 0 Å². The summed E-state index contributed by atoms with van der Waals surface area (Å²) in [5.41, 5.74) is 0. The number of aliphatic hydroxyl groups is 1. The summed E-state index contributed by atoms with van der Waals surface area (Å²) >= 11 is 0. The van der Waals surface area contributed by atoms with Crippen molar-refractivity contribution < 1.29 is 24.5 Å². The number of carbonyl (C=O) groups excluding carboxylic acids is 1. The van der Waals surface area contributed by atoms with Gasteiger partial charge in [-0.15, -0.1) is 0 Å². The molecule has 6 nitrogen and oxygen atoms in total. The van der Waals surface area contributed by atoms with Gasteiger partial charge in [0.25, 0.3) is 5.91 Å². The van der Waals surface area contributed by atoms with E-state index in [4.69, 9.17) is 14.6 Å². The topological polar surface area (TPSA) is 88.0 Å². The molecule has 1 unspecified atom stereocenters. The maximum absolute atomic E-state index is 12.3. The van der Waals surface area contributed by atoms with Crippen LogP contribution in [0.25, 0.3) is 0 Å². The second-order valence-corrected chi connectivity index (χ2v) is 5.96. The number of nitrogens with one attached hydrogen (secondary N) is 1. The number of ether oxygens (including phenoxy) is 2. The standard InChI is InChI=1S/C16H21NO5/c18-8-10-1-3-11(4-2-10)17-16(20)15-9-21-13-6-5-12(19)7-14(13)22-15/h5-7,10-11,15,18-19H,1-4,8-9H2,(H,17,20). The van der Waals surface area contributed by atoms with Crippen molar-refractivity contribution >= 4 is 5.91 Å². The van der Waals surface area contributed by atoms with Crippen LogP contribution in [0.4, 0.5) is 0 Å². The van der Waals surface area contributed by atoms with Crippen LogP contribution in [0.15, 0.2) is 18.2 Å². The summed E-state index contributed by atoms with van der Waals surface area (Å²) in [6.07, 6.45) is 2.91. The number of fused-ring (bicyclic) bond motifs is 1. The third-order valence-electron chi connectivity index (χ3n) is 4.33. The number of phenolic OH excluding ortho intramolecular Hbond substituents is 1. The first-order chi connectivity index (χ1) is 10.7. The van der Waals surface area contributed by atoms with Crippen molar-refractivity contribution in [3.8, 4) is 17.2 Å². The van der Waals surface area contributed by atoms with E-state index in [1.54, 1.807) is 6.07 Å². The van der Waals surface area contributed by atoms with Gasteiger partial charge in [0.1, 0.15) is 12.4 Å². The monoisotopic (exact) mass is 307 g/mol. The van der Waals surface area contributed by atoms with E-state index < -0.39 is 6.10 Å². The summed E-state index contributed by atoms with van der Waals surface area (Å²) < 4.78 is 11.1. The van der Waals surface area contributed by atoms with Crippen molar-refractivity contribution in [3.63, 3.8) is 0 Å². The normalized spacial score (nSPS) is 27.2. The zero-order valence-corrected chi connectivity index (χ0v) is 12.3. The number of rotatable bonds is 3. The lowest BCUT2D eigenvalue weighted by Crippen LogP contribution is -2.48. The molecule has 1 aliphatic carbocycles. The maximum Gasteiger partial charge on any atom is 0.264 e. The van der Waals surface area contributed by atoms with Gasteiger partial charge in [-0.25, -0.2) is 0 Å². The fourth-order valence-corrected chi connectivity index (χ4v) is 2.97. The van der Waals surface area contributed by atoms with E-state index in [-0.39, 0.29) is 30.9 Å². The van der Waals surface area contributed by atoms with E-state index in [0.29, 0.717) is 17.4 Å². The molecule has 0 saturated heterocycles. The Balaban J connectivity index is 1.55. The molecule has 3 N–H and O–H groups in total. The van der Waals surface area contributed by atoms with Crippen LogP contribution in [-0.2, 0) is 4.79 Å². The predicted molar refractivity (Wildman–Crippen MR) is 79.0 cm³/mol. The SMILES string of the molecule is O=C(NC1CCC(CO)CC1)C1COc2ccc(O)cc2O1. The zero-order valence-electron chi connectivity index (χ0n) is 12.3. The lowest BCUT2D eigenvalue weighted by atomic mass is 9.86. The van der Waals surface area contributed by atoms with Crippen LogP contribution in [0.3, 0.4) is 0 Å². The molecule has 3 rings (SSSR count). The Morgan fingerprint density at radius 2 is 2.00 bits per heavy atom. The largest absolute Gasteiger partial charge is 0.508 e. The summed E-state index contributed by atoms with van der Waals surface area (Å²) in [5, 5.41) is 21.6. The van der Waals surface area contributed by atoms with Gasteiger partial charge in [-0.3, -0.25) is 4.79 Å². The number of carbonyl (C=O) groups is 1. The number of hydrogen-bond donors (Lipinski definition) is 3. The van der Waals surface area contributed by atoms with Crippen molar-refractivity contribution in [1.29, 1.82) is 0 Å². The van der Waals surface area contributed by atoms with Gasteiger partial charge >= 0.3 is 0 Å². The first-order valence-electron chi connectivity index (χ1n) is 7.69. The molecule has 120 valence electrons. The van der Waals surface area contributed by atoms with E-state index >= 15 is 0 Å². The molecule has 1 aliphatic heterocycles. The van der Waals surface area contributed by atoms with Crippen molar-refractivity contribution in [2.75, 3.05) is 13.2 Å². The first-order valence-corrected chi connectivity index (χ1v) is 7.69. The first kappa shape index (κ1) is 15.0. The van der Waals surface area contributed by atoms with Gasteiger partial charge in [0, 0.05) is 18.7 Å². The van der Waals surface area contributed by atoms with Crippen LogP contribution in [0.2, 0.25) is 0 Å². The Kier molecular flexibility index (Phi) is 4.38. The lowest BCUT2D eigenvalue weighted by Gasteiger charge is -2.31. The second-order valence-electron chi connectivity index (χ2n) is 5.96. The Morgan fingerprint density at radius 1 is 1.23 bits per heavy atom. The van der Waals surface area contributed by atoms with Crippen LogP contribution in [0.1, 0.15) is 25.7 Å². The minimum atomic E-state index is -0.704. The van der Waals surface area contributed by atoms with Crippen molar-refractivity contribution in [2.45, 2.75) is 37.8 Å². The number of aliphatic hydroxyl groups excluding tert-OH is 1. The highest BCUT2D eigenvalue weighted by atomic mass is 16.6. The predicted octanol–water partition coefficient (Wildman–Crippen LogP) is 1.20. The van der Waals surface area contributed by atoms with Crippen LogP contribution in [-0.4, -0.2) is 41.5 Å². The fraction of sp³-hybridized carbons (Fsp3) is 0.562. The third-order valence-corrected chi connectivity index (χ3v) is 4.33. The van der Waals surface area contributed by atoms with Gasteiger partial charge in [0.2, 0.25) is 6.10 Å². The van der Waals surface area contributed by atoms with Crippen molar-refractivity contribution in [2.24, 2.45) is 5.92 Å². The molecule has 1 heterocycles. The molecule has 22 heavy (non-hydrogen) atoms. The summed E-state index contributed by atoms with van der Waals surface area (Å²) in [4.78, 5) is 12.3. The van der Waals surface area contributed by atoms with Gasteiger partial charge in [-0.2, -0.15) is 0 Å². The Hall–Kier alpha value is -1.95. The Bertz CT molecular complexity index is 539. The van der Waals surface area contributed by atoms with Crippen LogP contribution >= 0.6 is 0 Å². The van der Waals surface area contributed by atoms with Crippen molar-refractivity contribution in [3.05, 3.63) is 18.2 Å². The van der Waals surface area contributed by atoms with Gasteiger partial charge in [-0.1, -0.05) is 0 Å². The molecule has 0 aromatic heterocycles. The van der Waals surface area contributed by atoms with Gasteiger partial charge in [0.15, 0.2) is 11.5 Å². The molecule has 1 aromatic carbocycles. The summed E-state index contributed by atoms with van der Waals surface area (Å²) in [5.74, 6) is 1.16. The van der Waals surface area contributed by atoms with Crippen molar-refractivity contribution in [1.82, 2.24) is 5.32 Å². The number of amides is 1. The van der Waals surface area contributed by atoms with Crippen LogP contribution in [0.5, 0.6) is 17.2 Å². The molecular weight excluding hydrogens is 286 g/mol. The molecular formula is C16H21NO5. The molecule has 0 radical (unpaired) electrons. The maximum atomic E-state index is 12.3. The minimum Gasteiger partial charge on any atom is -0.508 e. The lowest BCUT2D eigenvalue weighted by molar-refractivity contribution is -0.131. The van der Waals surface area contributed by atoms with E-state index in [1.165, 1.54) is 12.1 Å². The average molecular weight is 307 g/mol. The minimum absolute atomic E-state index is 0.0748. The molecule has 0 spiro atoms. The van der Waals surface area contributed by atoms with Crippen LogP contribution in [0, 0.1) is 5.92 Å². The Morgan fingerprint density at radius 3 is 2.73 bits per heavy atom. The fourth-order valence-electron chi connectivity index (χ4n) is 2.97. The van der Waals surface area contributed by atoms with E-state index in [2.05, 4.69) is 5.32 Å². The highest BCUT2D eigenvalue weighted by molar-refractivity contribution is 5.82. The summed E-state index contributed by atoms with van der Waals surface area (Å²) in [7, 11) is 0. The number of aromatic hydroxyl groups is 1. The summed E-state index contributed by atoms with van der Waals surface area (Å²) in [6, 6.07) is 4.71. The smallest absolute Gasteiger partial charge is 0.264 e.